The Morgan fingerprint density at radius 1 is 1.62 bits per heavy atom. The number of nitrogen functional groups attached to an aromatic ring is 1. The maximum Gasteiger partial charge on any atom is 0.128 e. The Hall–Kier alpha value is -1.25. The first-order valence-electron chi connectivity index (χ1n) is 4.75. The standard InChI is InChI=1S/C10H15N3.H2/c1-8-3-2-6-13(8)10-5-4-9(11)7-12-10;/h4-5,7-8H,2-3,6,11H2,1H3;1H/t8-;/m0./s1. The van der Waals surface area contributed by atoms with Crippen LogP contribution in [0.25, 0.3) is 0 Å². The van der Waals surface area contributed by atoms with Crippen molar-refractivity contribution in [2.75, 3.05) is 17.2 Å². The van der Waals surface area contributed by atoms with Crippen LogP contribution in [-0.2, 0) is 0 Å². The van der Waals surface area contributed by atoms with Crippen LogP contribution >= 0.6 is 0 Å². The minimum Gasteiger partial charge on any atom is -0.397 e. The third-order valence-electron chi connectivity index (χ3n) is 2.62. The number of nitrogens with two attached hydrogens (primary N) is 1. The first kappa shape index (κ1) is 8.35. The SMILES string of the molecule is C[C@H]1CCCN1c1ccc(N)cn1.[HH]. The summed E-state index contributed by atoms with van der Waals surface area (Å²) >= 11 is 0. The van der Waals surface area contributed by atoms with E-state index in [9.17, 15) is 0 Å². The fraction of sp³-hybridized carbons (Fsp3) is 0.500. The van der Waals surface area contributed by atoms with E-state index in [-0.39, 0.29) is 1.43 Å². The summed E-state index contributed by atoms with van der Waals surface area (Å²) in [6, 6.07) is 4.53. The van der Waals surface area contributed by atoms with Crippen molar-refractivity contribution in [3.8, 4) is 0 Å². The van der Waals surface area contributed by atoms with Gasteiger partial charge in [-0.2, -0.15) is 0 Å². The Balaban J connectivity index is 0.000000980. The predicted molar refractivity (Wildman–Crippen MR) is 56.8 cm³/mol. The molecule has 1 fully saturated rings. The molecule has 1 aliphatic rings. The molecule has 1 atom stereocenters. The molecule has 0 spiro atoms. The van der Waals surface area contributed by atoms with E-state index in [4.69, 9.17) is 5.73 Å². The minimum absolute atomic E-state index is 0. The molecule has 1 aliphatic heterocycles. The maximum atomic E-state index is 5.58. The summed E-state index contributed by atoms with van der Waals surface area (Å²) in [7, 11) is 0. The van der Waals surface area contributed by atoms with Gasteiger partial charge in [0.15, 0.2) is 0 Å². The molecule has 13 heavy (non-hydrogen) atoms. The van der Waals surface area contributed by atoms with Crippen LogP contribution in [0.2, 0.25) is 0 Å². The molecular weight excluding hydrogens is 162 g/mol. The lowest BCUT2D eigenvalue weighted by atomic mass is 10.2. The second kappa shape index (κ2) is 3.24. The highest BCUT2D eigenvalue weighted by atomic mass is 15.2. The van der Waals surface area contributed by atoms with Gasteiger partial charge in [-0.05, 0) is 31.9 Å². The van der Waals surface area contributed by atoms with Gasteiger partial charge in [-0.15, -0.1) is 0 Å². The van der Waals surface area contributed by atoms with Crippen molar-refractivity contribution in [2.45, 2.75) is 25.8 Å². The van der Waals surface area contributed by atoms with Crippen molar-refractivity contribution < 1.29 is 1.43 Å². The van der Waals surface area contributed by atoms with Crippen LogP contribution in [-0.4, -0.2) is 17.6 Å². The fourth-order valence-electron chi connectivity index (χ4n) is 1.84. The van der Waals surface area contributed by atoms with Gasteiger partial charge in [0, 0.05) is 14.0 Å². The van der Waals surface area contributed by atoms with Gasteiger partial charge < -0.3 is 10.6 Å². The Morgan fingerprint density at radius 3 is 3.00 bits per heavy atom. The van der Waals surface area contributed by atoms with E-state index in [1.165, 1.54) is 12.8 Å². The number of anilines is 2. The molecule has 0 bridgehead atoms. The second-order valence-electron chi connectivity index (χ2n) is 3.63. The third-order valence-corrected chi connectivity index (χ3v) is 2.62. The zero-order valence-electron chi connectivity index (χ0n) is 7.90. The number of rotatable bonds is 1. The molecule has 1 saturated heterocycles. The molecule has 2 heterocycles. The van der Waals surface area contributed by atoms with Gasteiger partial charge in [-0.3, -0.25) is 0 Å². The second-order valence-corrected chi connectivity index (χ2v) is 3.63. The summed E-state index contributed by atoms with van der Waals surface area (Å²) in [6.45, 7) is 3.36. The first-order chi connectivity index (χ1) is 6.27. The normalized spacial score (nSPS) is 22.2. The van der Waals surface area contributed by atoms with E-state index in [0.29, 0.717) is 6.04 Å². The number of aromatic nitrogens is 1. The quantitative estimate of drug-likeness (QED) is 0.716. The van der Waals surface area contributed by atoms with E-state index >= 15 is 0 Å². The lowest BCUT2D eigenvalue weighted by molar-refractivity contribution is 0.727. The van der Waals surface area contributed by atoms with Crippen LogP contribution in [0, 0.1) is 0 Å². The van der Waals surface area contributed by atoms with E-state index in [0.717, 1.165) is 18.1 Å². The van der Waals surface area contributed by atoms with E-state index < -0.39 is 0 Å². The number of pyridine rings is 1. The molecule has 3 nitrogen and oxygen atoms in total. The van der Waals surface area contributed by atoms with Crippen LogP contribution in [0.15, 0.2) is 18.3 Å². The van der Waals surface area contributed by atoms with Crippen molar-refractivity contribution in [3.05, 3.63) is 18.3 Å². The highest BCUT2D eigenvalue weighted by molar-refractivity contribution is 5.46. The largest absolute Gasteiger partial charge is 0.397 e. The zero-order chi connectivity index (χ0) is 9.26. The molecular formula is C10H17N3. The van der Waals surface area contributed by atoms with Crippen molar-refractivity contribution in [1.29, 1.82) is 0 Å². The topological polar surface area (TPSA) is 42.1 Å². The van der Waals surface area contributed by atoms with Crippen molar-refractivity contribution in [3.63, 3.8) is 0 Å². The molecule has 2 rings (SSSR count). The molecule has 1 aromatic rings. The van der Waals surface area contributed by atoms with Crippen molar-refractivity contribution in [2.24, 2.45) is 0 Å². The highest BCUT2D eigenvalue weighted by Gasteiger charge is 2.20. The Labute approximate surface area is 80.1 Å². The zero-order valence-corrected chi connectivity index (χ0v) is 7.90. The molecule has 0 unspecified atom stereocenters. The predicted octanol–water partition coefficient (Wildman–Crippen LogP) is 1.90. The monoisotopic (exact) mass is 179 g/mol. The van der Waals surface area contributed by atoms with Gasteiger partial charge in [0.25, 0.3) is 0 Å². The fourth-order valence-corrected chi connectivity index (χ4v) is 1.84. The minimum atomic E-state index is 0. The molecule has 0 radical (unpaired) electrons. The third kappa shape index (κ3) is 1.59. The van der Waals surface area contributed by atoms with Gasteiger partial charge >= 0.3 is 0 Å². The summed E-state index contributed by atoms with van der Waals surface area (Å²) < 4.78 is 0. The molecule has 0 aromatic carbocycles. The van der Waals surface area contributed by atoms with Gasteiger partial charge in [0.2, 0.25) is 0 Å². The van der Waals surface area contributed by atoms with Gasteiger partial charge in [0.1, 0.15) is 5.82 Å². The molecule has 0 saturated carbocycles. The number of nitrogens with zero attached hydrogens (tertiary/aromatic N) is 2. The summed E-state index contributed by atoms with van der Waals surface area (Å²) in [4.78, 5) is 6.64. The summed E-state index contributed by atoms with van der Waals surface area (Å²) in [5, 5.41) is 0. The molecule has 72 valence electrons. The summed E-state index contributed by atoms with van der Waals surface area (Å²) in [6.07, 6.45) is 4.26. The van der Waals surface area contributed by atoms with Crippen LogP contribution in [0.4, 0.5) is 11.5 Å². The van der Waals surface area contributed by atoms with Crippen molar-refractivity contribution in [1.82, 2.24) is 4.98 Å². The lowest BCUT2D eigenvalue weighted by Gasteiger charge is -2.22. The van der Waals surface area contributed by atoms with Crippen LogP contribution in [0.5, 0.6) is 0 Å². The smallest absolute Gasteiger partial charge is 0.128 e. The average molecular weight is 179 g/mol. The Morgan fingerprint density at radius 2 is 2.46 bits per heavy atom. The average Bonchev–Trinajstić information content (AvgIpc) is 2.53. The lowest BCUT2D eigenvalue weighted by Crippen LogP contribution is -2.26. The molecule has 0 amide bonds. The van der Waals surface area contributed by atoms with E-state index in [1.54, 1.807) is 6.20 Å². The van der Waals surface area contributed by atoms with Gasteiger partial charge in [0.05, 0.1) is 11.9 Å². The number of hydrogen-bond donors (Lipinski definition) is 1. The molecule has 3 heteroatoms. The van der Waals surface area contributed by atoms with E-state index in [1.807, 2.05) is 12.1 Å². The molecule has 2 N–H and O–H groups in total. The van der Waals surface area contributed by atoms with Gasteiger partial charge in [-0.1, -0.05) is 0 Å². The molecule has 1 aromatic heterocycles. The number of hydrogen-bond acceptors (Lipinski definition) is 3. The maximum absolute atomic E-state index is 5.58. The summed E-state index contributed by atoms with van der Waals surface area (Å²) in [5.74, 6) is 1.05. The van der Waals surface area contributed by atoms with Crippen LogP contribution < -0.4 is 10.6 Å². The van der Waals surface area contributed by atoms with Crippen LogP contribution in [0.1, 0.15) is 21.2 Å². The highest BCUT2D eigenvalue weighted by Crippen LogP contribution is 2.23. The Kier molecular flexibility index (Phi) is 2.08. The molecule has 0 aliphatic carbocycles. The van der Waals surface area contributed by atoms with Crippen LogP contribution in [0.3, 0.4) is 0 Å². The summed E-state index contributed by atoms with van der Waals surface area (Å²) in [5.41, 5.74) is 6.31. The van der Waals surface area contributed by atoms with Crippen molar-refractivity contribution >= 4 is 11.5 Å². The van der Waals surface area contributed by atoms with Gasteiger partial charge in [-0.25, -0.2) is 4.98 Å². The first-order valence-corrected chi connectivity index (χ1v) is 4.75. The van der Waals surface area contributed by atoms with E-state index in [2.05, 4.69) is 16.8 Å². The Bertz CT molecular complexity index is 286.